The molecule has 0 fully saturated rings. The van der Waals surface area contributed by atoms with Crippen LogP contribution in [0.15, 0.2) is 91.0 Å². The molecular formula is C33H35N. The number of rotatable bonds is 4. The molecule has 0 bridgehead atoms. The van der Waals surface area contributed by atoms with Crippen molar-refractivity contribution in [1.29, 1.82) is 0 Å². The summed E-state index contributed by atoms with van der Waals surface area (Å²) in [5, 5.41) is 0. The fraction of sp³-hybridized carbons (Fsp3) is 0.273. The van der Waals surface area contributed by atoms with E-state index in [2.05, 4.69) is 137 Å². The second kappa shape index (κ2) is 8.17. The molecule has 0 radical (unpaired) electrons. The molecule has 0 atom stereocenters. The van der Waals surface area contributed by atoms with Crippen molar-refractivity contribution in [3.8, 4) is 22.3 Å². The van der Waals surface area contributed by atoms with Crippen LogP contribution in [0.2, 0.25) is 0 Å². The third-order valence-corrected chi connectivity index (χ3v) is 7.31. The molecule has 0 saturated heterocycles. The fourth-order valence-corrected chi connectivity index (χ4v) is 5.77. The first-order valence-corrected chi connectivity index (χ1v) is 12.5. The number of anilines is 2. The first kappa shape index (κ1) is 22.5. The first-order chi connectivity index (χ1) is 16.2. The van der Waals surface area contributed by atoms with E-state index >= 15 is 0 Å². The van der Waals surface area contributed by atoms with Crippen LogP contribution in [0.3, 0.4) is 0 Å². The Morgan fingerprint density at radius 1 is 0.706 bits per heavy atom. The van der Waals surface area contributed by atoms with Gasteiger partial charge in [0.15, 0.2) is 0 Å². The van der Waals surface area contributed by atoms with Crippen molar-refractivity contribution in [1.82, 2.24) is 0 Å². The monoisotopic (exact) mass is 445 g/mol. The lowest BCUT2D eigenvalue weighted by Gasteiger charge is -2.40. The van der Waals surface area contributed by atoms with Crippen molar-refractivity contribution in [3.63, 3.8) is 0 Å². The summed E-state index contributed by atoms with van der Waals surface area (Å²) in [6.45, 7) is 14.0. The minimum absolute atomic E-state index is 0.0220. The lowest BCUT2D eigenvalue weighted by molar-refractivity contribution is 0.559. The van der Waals surface area contributed by atoms with E-state index in [1.54, 1.807) is 0 Å². The Kier molecular flexibility index (Phi) is 5.40. The maximum atomic E-state index is 2.53. The average molecular weight is 446 g/mol. The van der Waals surface area contributed by atoms with Gasteiger partial charge in [-0.25, -0.2) is 0 Å². The minimum atomic E-state index is -0.0822. The van der Waals surface area contributed by atoms with Crippen molar-refractivity contribution in [3.05, 3.63) is 108 Å². The van der Waals surface area contributed by atoms with Crippen LogP contribution < -0.4 is 4.90 Å². The summed E-state index contributed by atoms with van der Waals surface area (Å²) in [5.41, 5.74) is 12.1. The molecule has 0 aliphatic heterocycles. The van der Waals surface area contributed by atoms with E-state index in [1.807, 2.05) is 0 Å². The van der Waals surface area contributed by atoms with E-state index in [-0.39, 0.29) is 11.0 Å². The molecule has 0 saturated carbocycles. The number of hydrogen-bond donors (Lipinski definition) is 0. The zero-order valence-corrected chi connectivity index (χ0v) is 21.3. The van der Waals surface area contributed by atoms with Crippen molar-refractivity contribution >= 4 is 11.4 Å². The van der Waals surface area contributed by atoms with Crippen molar-refractivity contribution in [2.75, 3.05) is 4.90 Å². The van der Waals surface area contributed by atoms with Crippen LogP contribution in [0.5, 0.6) is 0 Å². The lowest BCUT2D eigenvalue weighted by Crippen LogP contribution is -2.38. The van der Waals surface area contributed by atoms with Gasteiger partial charge in [0.25, 0.3) is 0 Å². The van der Waals surface area contributed by atoms with Crippen LogP contribution in [-0.2, 0) is 11.8 Å². The Bertz CT molecular complexity index is 1340. The van der Waals surface area contributed by atoms with E-state index in [4.69, 9.17) is 0 Å². The maximum absolute atomic E-state index is 2.53. The van der Waals surface area contributed by atoms with Crippen molar-refractivity contribution in [2.24, 2.45) is 0 Å². The predicted octanol–water partition coefficient (Wildman–Crippen LogP) is 9.16. The molecule has 1 nitrogen and oxygen atoms in total. The SMILES string of the molecule is CCc1c(N(c2cccc(-c3ccccc3)c2)C(C)(C)C)ccc2c1-c1ccccc1C2(C)C. The molecule has 0 aromatic heterocycles. The standard InChI is InChI=1S/C33H35N/c1-7-26-30(21-20-29-31(26)27-18-11-12-19-28(27)33(29,5)6)34(32(2,3)4)25-17-13-16-24(22-25)23-14-9-8-10-15-23/h8-22H,7H2,1-6H3. The smallest absolute Gasteiger partial charge is 0.0454 e. The molecule has 0 spiro atoms. The third kappa shape index (κ3) is 3.55. The van der Waals surface area contributed by atoms with Crippen LogP contribution in [-0.4, -0.2) is 5.54 Å². The molecule has 4 aromatic carbocycles. The molecule has 0 heterocycles. The summed E-state index contributed by atoms with van der Waals surface area (Å²) in [4.78, 5) is 2.53. The number of benzene rings is 4. The zero-order chi connectivity index (χ0) is 24.1. The highest BCUT2D eigenvalue weighted by molar-refractivity contribution is 5.88. The van der Waals surface area contributed by atoms with Gasteiger partial charge in [0.05, 0.1) is 0 Å². The summed E-state index contributed by atoms with van der Waals surface area (Å²) >= 11 is 0. The van der Waals surface area contributed by atoms with Gasteiger partial charge in [-0.2, -0.15) is 0 Å². The molecule has 5 rings (SSSR count). The summed E-state index contributed by atoms with van der Waals surface area (Å²) in [6, 6.07) is 33.4. The van der Waals surface area contributed by atoms with Gasteiger partial charge >= 0.3 is 0 Å². The largest absolute Gasteiger partial charge is 0.336 e. The summed E-state index contributed by atoms with van der Waals surface area (Å²) in [7, 11) is 0. The number of fused-ring (bicyclic) bond motifs is 3. The summed E-state index contributed by atoms with van der Waals surface area (Å²) < 4.78 is 0. The average Bonchev–Trinajstić information content (AvgIpc) is 3.06. The highest BCUT2D eigenvalue weighted by Gasteiger charge is 2.38. The van der Waals surface area contributed by atoms with Gasteiger partial charge in [-0.05, 0) is 84.3 Å². The van der Waals surface area contributed by atoms with Gasteiger partial charge in [0.2, 0.25) is 0 Å². The zero-order valence-electron chi connectivity index (χ0n) is 21.3. The van der Waals surface area contributed by atoms with E-state index < -0.39 is 0 Å². The van der Waals surface area contributed by atoms with Crippen LogP contribution in [0.1, 0.15) is 58.2 Å². The number of nitrogens with zero attached hydrogens (tertiary/aromatic N) is 1. The quantitative estimate of drug-likeness (QED) is 0.303. The van der Waals surface area contributed by atoms with Crippen LogP contribution >= 0.6 is 0 Å². The Morgan fingerprint density at radius 3 is 2.09 bits per heavy atom. The van der Waals surface area contributed by atoms with Gasteiger partial charge in [-0.3, -0.25) is 0 Å². The van der Waals surface area contributed by atoms with Crippen molar-refractivity contribution < 1.29 is 0 Å². The number of hydrogen-bond acceptors (Lipinski definition) is 1. The van der Waals surface area contributed by atoms with Gasteiger partial charge in [0, 0.05) is 22.3 Å². The van der Waals surface area contributed by atoms with E-state index in [9.17, 15) is 0 Å². The molecule has 172 valence electrons. The summed E-state index contributed by atoms with van der Waals surface area (Å²) in [6.07, 6.45) is 0.994. The van der Waals surface area contributed by atoms with Gasteiger partial charge < -0.3 is 4.90 Å². The second-order valence-electron chi connectivity index (χ2n) is 10.9. The minimum Gasteiger partial charge on any atom is -0.336 e. The van der Waals surface area contributed by atoms with Crippen LogP contribution in [0, 0.1) is 0 Å². The van der Waals surface area contributed by atoms with Crippen LogP contribution in [0.4, 0.5) is 11.4 Å². The van der Waals surface area contributed by atoms with Gasteiger partial charge in [-0.15, -0.1) is 0 Å². The van der Waals surface area contributed by atoms with E-state index in [0.717, 1.165) is 6.42 Å². The molecule has 0 amide bonds. The van der Waals surface area contributed by atoms with Gasteiger partial charge in [-0.1, -0.05) is 93.6 Å². The Morgan fingerprint density at radius 2 is 1.38 bits per heavy atom. The first-order valence-electron chi connectivity index (χ1n) is 12.5. The Balaban J connectivity index is 1.73. The fourth-order valence-electron chi connectivity index (χ4n) is 5.77. The molecule has 1 aliphatic rings. The third-order valence-electron chi connectivity index (χ3n) is 7.31. The topological polar surface area (TPSA) is 3.24 Å². The lowest BCUT2D eigenvalue weighted by atomic mass is 9.82. The van der Waals surface area contributed by atoms with Crippen molar-refractivity contribution in [2.45, 2.75) is 58.9 Å². The Labute approximate surface area is 205 Å². The summed E-state index contributed by atoms with van der Waals surface area (Å²) in [5.74, 6) is 0. The molecule has 1 heteroatoms. The van der Waals surface area contributed by atoms with Gasteiger partial charge in [0.1, 0.15) is 0 Å². The molecule has 1 aliphatic carbocycles. The van der Waals surface area contributed by atoms with E-state index in [0.29, 0.717) is 0 Å². The predicted molar refractivity (Wildman–Crippen MR) is 147 cm³/mol. The molecular weight excluding hydrogens is 410 g/mol. The molecule has 4 aromatic rings. The van der Waals surface area contributed by atoms with E-state index in [1.165, 1.54) is 50.3 Å². The molecule has 34 heavy (non-hydrogen) atoms. The Hall–Kier alpha value is -3.32. The highest BCUT2D eigenvalue weighted by atomic mass is 15.2. The molecule has 0 unspecified atom stereocenters. The normalized spacial score (nSPS) is 13.9. The second-order valence-corrected chi connectivity index (χ2v) is 10.9. The maximum Gasteiger partial charge on any atom is 0.0454 e. The van der Waals surface area contributed by atoms with Crippen LogP contribution in [0.25, 0.3) is 22.3 Å². The highest BCUT2D eigenvalue weighted by Crippen LogP contribution is 2.53. The molecule has 0 N–H and O–H groups in total.